The summed E-state index contributed by atoms with van der Waals surface area (Å²) in [6, 6.07) is 9.33. The summed E-state index contributed by atoms with van der Waals surface area (Å²) in [5.41, 5.74) is 8.48. The molecule has 2 rings (SSSR count). The fraction of sp³-hybridized carbons (Fsp3) is 0.267. The van der Waals surface area contributed by atoms with E-state index in [1.54, 1.807) is 18.5 Å². The number of aromatic nitrogens is 1. The largest absolute Gasteiger partial charge is 0.388 e. The fourth-order valence-electron chi connectivity index (χ4n) is 2.07. The highest BCUT2D eigenvalue weighted by atomic mass is 35.5. The van der Waals surface area contributed by atoms with Crippen molar-refractivity contribution in [3.63, 3.8) is 0 Å². The Morgan fingerprint density at radius 2 is 2.11 bits per heavy atom. The first-order valence-corrected chi connectivity index (χ1v) is 6.55. The molecule has 19 heavy (non-hydrogen) atoms. The first-order valence-electron chi connectivity index (χ1n) is 6.17. The van der Waals surface area contributed by atoms with E-state index in [1.807, 2.05) is 31.2 Å². The number of aliphatic hydroxyl groups excluding tert-OH is 1. The van der Waals surface area contributed by atoms with Gasteiger partial charge in [0.15, 0.2) is 0 Å². The summed E-state index contributed by atoms with van der Waals surface area (Å²) in [5.74, 6) is -0.188. The topological polar surface area (TPSA) is 59.1 Å². The Bertz CT molecular complexity index is 545. The van der Waals surface area contributed by atoms with Crippen molar-refractivity contribution in [2.75, 3.05) is 6.54 Å². The molecule has 0 amide bonds. The van der Waals surface area contributed by atoms with E-state index < -0.39 is 6.10 Å². The van der Waals surface area contributed by atoms with E-state index in [9.17, 15) is 5.11 Å². The van der Waals surface area contributed by atoms with Crippen molar-refractivity contribution >= 4 is 11.6 Å². The number of nitrogens with two attached hydrogens (primary N) is 1. The van der Waals surface area contributed by atoms with Crippen molar-refractivity contribution < 1.29 is 5.11 Å². The lowest BCUT2D eigenvalue weighted by Gasteiger charge is -2.22. The van der Waals surface area contributed by atoms with E-state index in [4.69, 9.17) is 17.3 Å². The zero-order valence-corrected chi connectivity index (χ0v) is 11.5. The van der Waals surface area contributed by atoms with E-state index in [1.165, 1.54) is 0 Å². The van der Waals surface area contributed by atoms with Crippen LogP contribution in [-0.2, 0) is 0 Å². The molecule has 0 aliphatic rings. The Hall–Kier alpha value is -1.42. The predicted octanol–water partition coefficient (Wildman–Crippen LogP) is 2.82. The molecule has 3 N–H and O–H groups in total. The molecule has 1 aromatic carbocycles. The summed E-state index contributed by atoms with van der Waals surface area (Å²) in [4.78, 5) is 4.07. The van der Waals surface area contributed by atoms with Crippen molar-refractivity contribution in [3.8, 4) is 0 Å². The molecule has 3 nitrogen and oxygen atoms in total. The van der Waals surface area contributed by atoms with Gasteiger partial charge in [0.1, 0.15) is 0 Å². The molecule has 0 saturated carbocycles. The third kappa shape index (κ3) is 3.13. The van der Waals surface area contributed by atoms with Crippen LogP contribution in [0.15, 0.2) is 42.7 Å². The van der Waals surface area contributed by atoms with E-state index in [2.05, 4.69) is 4.98 Å². The van der Waals surface area contributed by atoms with Gasteiger partial charge in [-0.15, -0.1) is 0 Å². The summed E-state index contributed by atoms with van der Waals surface area (Å²) >= 11 is 6.10. The number of pyridine rings is 1. The number of hydrogen-bond donors (Lipinski definition) is 2. The second kappa shape index (κ2) is 6.15. The van der Waals surface area contributed by atoms with Crippen molar-refractivity contribution in [2.45, 2.75) is 18.9 Å². The van der Waals surface area contributed by atoms with Crippen LogP contribution in [0.1, 0.15) is 28.7 Å². The van der Waals surface area contributed by atoms with Gasteiger partial charge in [-0.1, -0.05) is 29.8 Å². The van der Waals surface area contributed by atoms with Gasteiger partial charge in [0.05, 0.1) is 6.10 Å². The number of nitrogens with zero attached hydrogens (tertiary/aromatic N) is 1. The Morgan fingerprint density at radius 1 is 1.32 bits per heavy atom. The molecule has 2 unspecified atom stereocenters. The maximum atomic E-state index is 10.5. The lowest BCUT2D eigenvalue weighted by atomic mass is 9.90. The Morgan fingerprint density at radius 3 is 2.68 bits per heavy atom. The van der Waals surface area contributed by atoms with Gasteiger partial charge < -0.3 is 10.8 Å². The normalized spacial score (nSPS) is 14.1. The lowest BCUT2D eigenvalue weighted by molar-refractivity contribution is 0.147. The Balaban J connectivity index is 2.30. The maximum Gasteiger partial charge on any atom is 0.0871 e. The van der Waals surface area contributed by atoms with Crippen molar-refractivity contribution in [2.24, 2.45) is 5.73 Å². The molecule has 0 saturated heterocycles. The van der Waals surface area contributed by atoms with Crippen LogP contribution < -0.4 is 5.73 Å². The number of hydrogen-bond acceptors (Lipinski definition) is 3. The quantitative estimate of drug-likeness (QED) is 0.903. The van der Waals surface area contributed by atoms with Crippen LogP contribution >= 0.6 is 11.6 Å². The molecule has 2 aromatic rings. The average Bonchev–Trinajstić information content (AvgIpc) is 2.44. The van der Waals surface area contributed by atoms with Crippen molar-refractivity contribution in [1.82, 2.24) is 4.98 Å². The summed E-state index contributed by atoms with van der Waals surface area (Å²) < 4.78 is 0. The van der Waals surface area contributed by atoms with Gasteiger partial charge in [-0.25, -0.2) is 0 Å². The highest BCUT2D eigenvalue weighted by molar-refractivity contribution is 6.31. The average molecular weight is 277 g/mol. The van der Waals surface area contributed by atoms with Gasteiger partial charge in [0.25, 0.3) is 0 Å². The van der Waals surface area contributed by atoms with Gasteiger partial charge in [0, 0.05) is 29.9 Å². The number of halogens is 1. The second-order valence-electron chi connectivity index (χ2n) is 4.58. The molecule has 0 aliphatic carbocycles. The molecule has 100 valence electrons. The van der Waals surface area contributed by atoms with Crippen LogP contribution in [0.25, 0.3) is 0 Å². The minimum absolute atomic E-state index is 0.188. The predicted molar refractivity (Wildman–Crippen MR) is 77.2 cm³/mol. The molecule has 0 spiro atoms. The number of aryl methyl sites for hydroxylation is 1. The Kier molecular flexibility index (Phi) is 4.53. The molecule has 1 heterocycles. The molecule has 0 radical (unpaired) electrons. The van der Waals surface area contributed by atoms with Crippen LogP contribution in [0.2, 0.25) is 5.02 Å². The van der Waals surface area contributed by atoms with E-state index in [0.717, 1.165) is 16.7 Å². The highest BCUT2D eigenvalue weighted by Crippen LogP contribution is 2.31. The highest BCUT2D eigenvalue weighted by Gasteiger charge is 2.22. The molecule has 1 aromatic heterocycles. The van der Waals surface area contributed by atoms with Crippen molar-refractivity contribution in [3.05, 3.63) is 64.4 Å². The van der Waals surface area contributed by atoms with E-state index in [0.29, 0.717) is 11.6 Å². The summed E-state index contributed by atoms with van der Waals surface area (Å²) in [6.45, 7) is 2.28. The summed E-state index contributed by atoms with van der Waals surface area (Å²) in [7, 11) is 0. The fourth-order valence-corrected chi connectivity index (χ4v) is 2.26. The third-order valence-electron chi connectivity index (χ3n) is 3.29. The lowest BCUT2D eigenvalue weighted by Crippen LogP contribution is -2.20. The van der Waals surface area contributed by atoms with Gasteiger partial charge in [-0.3, -0.25) is 4.98 Å². The van der Waals surface area contributed by atoms with Crippen LogP contribution in [0, 0.1) is 6.92 Å². The van der Waals surface area contributed by atoms with Gasteiger partial charge in [0.2, 0.25) is 0 Å². The van der Waals surface area contributed by atoms with Crippen LogP contribution in [-0.4, -0.2) is 16.6 Å². The molecular formula is C15H17ClN2O. The summed E-state index contributed by atoms with van der Waals surface area (Å²) in [5, 5.41) is 11.1. The number of rotatable bonds is 4. The molecular weight excluding hydrogens is 260 g/mol. The van der Waals surface area contributed by atoms with Crippen LogP contribution in [0.5, 0.6) is 0 Å². The monoisotopic (exact) mass is 276 g/mol. The molecule has 0 fully saturated rings. The third-order valence-corrected chi connectivity index (χ3v) is 3.69. The molecule has 2 atom stereocenters. The SMILES string of the molecule is Cc1ccc(C(O)C(CN)c2cccnc2)cc1Cl. The van der Waals surface area contributed by atoms with Gasteiger partial charge >= 0.3 is 0 Å². The minimum Gasteiger partial charge on any atom is -0.388 e. The summed E-state index contributed by atoms with van der Waals surface area (Å²) in [6.07, 6.45) is 2.75. The Labute approximate surface area is 118 Å². The standard InChI is InChI=1S/C15H17ClN2O/c1-10-4-5-11(7-14(10)16)15(19)13(8-17)12-3-2-6-18-9-12/h2-7,9,13,15,19H,8,17H2,1H3. The van der Waals surface area contributed by atoms with Gasteiger partial charge in [-0.05, 0) is 35.7 Å². The van der Waals surface area contributed by atoms with Crippen molar-refractivity contribution in [1.29, 1.82) is 0 Å². The molecule has 4 heteroatoms. The van der Waals surface area contributed by atoms with E-state index >= 15 is 0 Å². The first-order chi connectivity index (χ1) is 9.13. The van der Waals surface area contributed by atoms with Crippen LogP contribution in [0.4, 0.5) is 0 Å². The number of benzene rings is 1. The van der Waals surface area contributed by atoms with Gasteiger partial charge in [-0.2, -0.15) is 0 Å². The first kappa shape index (κ1) is 14.0. The molecule has 0 bridgehead atoms. The minimum atomic E-state index is -0.688. The molecule has 0 aliphatic heterocycles. The zero-order chi connectivity index (χ0) is 13.8. The van der Waals surface area contributed by atoms with E-state index in [-0.39, 0.29) is 5.92 Å². The smallest absolute Gasteiger partial charge is 0.0871 e. The maximum absolute atomic E-state index is 10.5. The second-order valence-corrected chi connectivity index (χ2v) is 4.99. The van der Waals surface area contributed by atoms with Crippen LogP contribution in [0.3, 0.4) is 0 Å². The number of aliphatic hydroxyl groups is 1. The zero-order valence-electron chi connectivity index (χ0n) is 10.8.